The van der Waals surface area contributed by atoms with E-state index in [4.69, 9.17) is 0 Å². The summed E-state index contributed by atoms with van der Waals surface area (Å²) in [5.41, 5.74) is 0. The van der Waals surface area contributed by atoms with Gasteiger partial charge in [-0.1, -0.05) is 60.7 Å². The lowest BCUT2D eigenvalue weighted by Crippen LogP contribution is -2.25. The highest BCUT2D eigenvalue weighted by atomic mass is 32.2. The molecular formula is C19H17O3PS. The van der Waals surface area contributed by atoms with Gasteiger partial charge in [0, 0.05) is 22.2 Å². The minimum Gasteiger partial charge on any atom is -0.309 e. The number of sulfone groups is 1. The van der Waals surface area contributed by atoms with Gasteiger partial charge in [0.2, 0.25) is 0 Å². The van der Waals surface area contributed by atoms with Crippen molar-refractivity contribution in [3.05, 3.63) is 84.9 Å². The summed E-state index contributed by atoms with van der Waals surface area (Å²) in [6.45, 7) is 0. The van der Waals surface area contributed by atoms with E-state index in [1.807, 2.05) is 60.7 Å². The van der Waals surface area contributed by atoms with Crippen LogP contribution < -0.4 is 15.9 Å². The van der Waals surface area contributed by atoms with Crippen LogP contribution in [0.15, 0.2) is 89.8 Å². The van der Waals surface area contributed by atoms with E-state index in [-0.39, 0.29) is 4.90 Å². The Bertz CT molecular complexity index is 936. The summed E-state index contributed by atoms with van der Waals surface area (Å²) in [5.74, 6) is 0. The first-order valence-electron chi connectivity index (χ1n) is 7.44. The van der Waals surface area contributed by atoms with Crippen LogP contribution in [0.4, 0.5) is 0 Å². The van der Waals surface area contributed by atoms with Crippen LogP contribution >= 0.6 is 7.14 Å². The van der Waals surface area contributed by atoms with Crippen molar-refractivity contribution in [2.45, 2.75) is 4.90 Å². The Kier molecular flexibility index (Phi) is 4.44. The molecule has 3 nitrogen and oxygen atoms in total. The molecule has 0 aliphatic rings. The molecule has 0 fully saturated rings. The average Bonchev–Trinajstić information content (AvgIpc) is 2.62. The zero-order chi connectivity index (χ0) is 17.2. The van der Waals surface area contributed by atoms with Gasteiger partial charge in [-0.15, -0.1) is 0 Å². The Morgan fingerprint density at radius 2 is 1.00 bits per heavy atom. The van der Waals surface area contributed by atoms with Crippen molar-refractivity contribution in [1.82, 2.24) is 0 Å². The van der Waals surface area contributed by atoms with Gasteiger partial charge in [-0.2, -0.15) is 0 Å². The molecule has 122 valence electrons. The van der Waals surface area contributed by atoms with Crippen molar-refractivity contribution in [3.8, 4) is 0 Å². The molecular weight excluding hydrogens is 339 g/mol. The number of rotatable bonds is 4. The van der Waals surface area contributed by atoms with Crippen LogP contribution in [0.1, 0.15) is 0 Å². The fourth-order valence-corrected chi connectivity index (χ4v) is 5.90. The maximum Gasteiger partial charge on any atom is 0.175 e. The maximum atomic E-state index is 14.0. The van der Waals surface area contributed by atoms with Gasteiger partial charge in [0.1, 0.15) is 0 Å². The van der Waals surface area contributed by atoms with Gasteiger partial charge in [-0.25, -0.2) is 8.42 Å². The van der Waals surface area contributed by atoms with Gasteiger partial charge in [0.25, 0.3) is 0 Å². The molecule has 3 rings (SSSR count). The summed E-state index contributed by atoms with van der Waals surface area (Å²) in [6.07, 6.45) is 1.16. The standard InChI is InChI=1S/C19H17O3PS/c1-24(21,22)19-14-12-18(13-15-19)23(20,16-8-4-2-5-9-16)17-10-6-3-7-11-17/h2-15H,1H3. The van der Waals surface area contributed by atoms with E-state index >= 15 is 0 Å². The molecule has 0 bridgehead atoms. The molecule has 24 heavy (non-hydrogen) atoms. The lowest BCUT2D eigenvalue weighted by atomic mass is 10.3. The molecule has 0 aliphatic carbocycles. The minimum absolute atomic E-state index is 0.221. The molecule has 3 aromatic rings. The van der Waals surface area contributed by atoms with E-state index in [9.17, 15) is 13.0 Å². The predicted octanol–water partition coefficient (Wildman–Crippen LogP) is 2.73. The molecule has 5 heteroatoms. The normalized spacial score (nSPS) is 12.0. The molecule has 0 spiro atoms. The van der Waals surface area contributed by atoms with Gasteiger partial charge in [0.15, 0.2) is 17.0 Å². The number of hydrogen-bond acceptors (Lipinski definition) is 3. The van der Waals surface area contributed by atoms with Crippen LogP contribution in [0.5, 0.6) is 0 Å². The Labute approximate surface area is 142 Å². The van der Waals surface area contributed by atoms with Crippen molar-refractivity contribution in [2.24, 2.45) is 0 Å². The summed E-state index contributed by atoms with van der Waals surface area (Å²) >= 11 is 0. The van der Waals surface area contributed by atoms with E-state index in [1.165, 1.54) is 12.1 Å². The van der Waals surface area contributed by atoms with Gasteiger partial charge in [0.05, 0.1) is 4.90 Å². The van der Waals surface area contributed by atoms with E-state index < -0.39 is 17.0 Å². The van der Waals surface area contributed by atoms with E-state index in [1.54, 1.807) is 12.1 Å². The van der Waals surface area contributed by atoms with E-state index in [0.717, 1.165) is 16.9 Å². The van der Waals surface area contributed by atoms with Gasteiger partial charge in [-0.05, 0) is 24.3 Å². The Balaban J connectivity index is 2.22. The Morgan fingerprint density at radius 3 is 1.38 bits per heavy atom. The van der Waals surface area contributed by atoms with Crippen LogP contribution in [-0.2, 0) is 14.4 Å². The monoisotopic (exact) mass is 356 g/mol. The smallest absolute Gasteiger partial charge is 0.175 e. The molecule has 0 aliphatic heterocycles. The highest BCUT2D eigenvalue weighted by Gasteiger charge is 2.29. The fourth-order valence-electron chi connectivity index (χ4n) is 2.63. The average molecular weight is 356 g/mol. The van der Waals surface area contributed by atoms with Crippen LogP contribution in [-0.4, -0.2) is 14.7 Å². The summed E-state index contributed by atoms with van der Waals surface area (Å²) in [7, 11) is -6.33. The van der Waals surface area contributed by atoms with Crippen LogP contribution in [0.2, 0.25) is 0 Å². The van der Waals surface area contributed by atoms with E-state index in [2.05, 4.69) is 0 Å². The van der Waals surface area contributed by atoms with Crippen LogP contribution in [0.3, 0.4) is 0 Å². The molecule has 0 atom stereocenters. The van der Waals surface area contributed by atoms with Gasteiger partial charge < -0.3 is 4.57 Å². The SMILES string of the molecule is CS(=O)(=O)c1ccc(P(=O)(c2ccccc2)c2ccccc2)cc1. The van der Waals surface area contributed by atoms with Gasteiger partial charge >= 0.3 is 0 Å². The van der Waals surface area contributed by atoms with Crippen molar-refractivity contribution < 1.29 is 13.0 Å². The second-order valence-corrected chi connectivity index (χ2v) is 10.3. The summed E-state index contributed by atoms with van der Waals surface area (Å²) in [4.78, 5) is 0.221. The number of hydrogen-bond donors (Lipinski definition) is 0. The molecule has 0 unspecified atom stereocenters. The highest BCUT2D eigenvalue weighted by Crippen LogP contribution is 2.42. The first-order valence-corrected chi connectivity index (χ1v) is 11.0. The molecule has 3 aromatic carbocycles. The molecule has 0 amide bonds. The highest BCUT2D eigenvalue weighted by molar-refractivity contribution is 7.90. The Morgan fingerprint density at radius 1 is 0.625 bits per heavy atom. The van der Waals surface area contributed by atoms with Crippen molar-refractivity contribution in [3.63, 3.8) is 0 Å². The number of benzene rings is 3. The zero-order valence-electron chi connectivity index (χ0n) is 13.2. The summed E-state index contributed by atoms with van der Waals surface area (Å²) in [5, 5.41) is 2.07. The third kappa shape index (κ3) is 3.08. The van der Waals surface area contributed by atoms with Crippen molar-refractivity contribution >= 4 is 32.9 Å². The predicted molar refractivity (Wildman–Crippen MR) is 98.9 cm³/mol. The second-order valence-electron chi connectivity index (χ2n) is 5.55. The third-order valence-corrected chi connectivity index (χ3v) is 8.07. The van der Waals surface area contributed by atoms with E-state index in [0.29, 0.717) is 5.30 Å². The summed E-state index contributed by atoms with van der Waals surface area (Å²) in [6, 6.07) is 24.9. The molecule has 0 N–H and O–H groups in total. The van der Waals surface area contributed by atoms with Crippen molar-refractivity contribution in [2.75, 3.05) is 6.26 Å². The maximum absolute atomic E-state index is 14.0. The van der Waals surface area contributed by atoms with Gasteiger partial charge in [-0.3, -0.25) is 0 Å². The zero-order valence-corrected chi connectivity index (χ0v) is 14.9. The topological polar surface area (TPSA) is 51.2 Å². The lowest BCUT2D eigenvalue weighted by Gasteiger charge is -2.20. The summed E-state index contributed by atoms with van der Waals surface area (Å²) < 4.78 is 37.4. The van der Waals surface area contributed by atoms with Crippen LogP contribution in [0.25, 0.3) is 0 Å². The molecule has 0 saturated carbocycles. The largest absolute Gasteiger partial charge is 0.309 e. The Hall–Kier alpha value is -2.16. The fraction of sp³-hybridized carbons (Fsp3) is 0.0526. The lowest BCUT2D eigenvalue weighted by molar-refractivity contribution is 0.592. The molecule has 0 aromatic heterocycles. The minimum atomic E-state index is -3.28. The quantitative estimate of drug-likeness (QED) is 0.676. The van der Waals surface area contributed by atoms with Crippen LogP contribution in [0, 0.1) is 0 Å². The molecule has 0 radical (unpaired) electrons. The second kappa shape index (κ2) is 6.39. The first-order chi connectivity index (χ1) is 11.4. The molecule has 0 saturated heterocycles. The van der Waals surface area contributed by atoms with Crippen molar-refractivity contribution in [1.29, 1.82) is 0 Å². The third-order valence-electron chi connectivity index (χ3n) is 3.87. The first kappa shape index (κ1) is 16.7. The molecule has 0 heterocycles.